The SMILES string of the molecule is CC1CC(NCc2ccc(S(N)(=O)=O)cc2)CCO1. The molecule has 3 N–H and O–H groups in total. The molecule has 0 aliphatic carbocycles. The Bertz CT molecular complexity index is 513. The van der Waals surface area contributed by atoms with Crippen molar-refractivity contribution in [1.82, 2.24) is 5.32 Å². The highest BCUT2D eigenvalue weighted by Crippen LogP contribution is 2.14. The predicted molar refractivity (Wildman–Crippen MR) is 73.1 cm³/mol. The first-order valence-electron chi connectivity index (χ1n) is 6.42. The van der Waals surface area contributed by atoms with Gasteiger partial charge in [0, 0.05) is 19.2 Å². The number of hydrogen-bond donors (Lipinski definition) is 2. The van der Waals surface area contributed by atoms with Crippen LogP contribution in [0.3, 0.4) is 0 Å². The summed E-state index contributed by atoms with van der Waals surface area (Å²) in [5, 5.41) is 8.52. The lowest BCUT2D eigenvalue weighted by atomic mass is 10.0. The minimum Gasteiger partial charge on any atom is -0.378 e. The van der Waals surface area contributed by atoms with Crippen LogP contribution in [0.15, 0.2) is 29.2 Å². The lowest BCUT2D eigenvalue weighted by molar-refractivity contribution is 0.0130. The molecule has 0 saturated carbocycles. The molecule has 0 spiro atoms. The van der Waals surface area contributed by atoms with E-state index in [1.807, 2.05) is 0 Å². The van der Waals surface area contributed by atoms with Crippen LogP contribution in [0.25, 0.3) is 0 Å². The Morgan fingerprint density at radius 3 is 2.63 bits per heavy atom. The average Bonchev–Trinajstić information content (AvgIpc) is 2.36. The van der Waals surface area contributed by atoms with E-state index >= 15 is 0 Å². The van der Waals surface area contributed by atoms with Gasteiger partial charge in [-0.3, -0.25) is 0 Å². The highest BCUT2D eigenvalue weighted by Gasteiger charge is 2.18. The fourth-order valence-corrected chi connectivity index (χ4v) is 2.76. The Morgan fingerprint density at radius 2 is 2.05 bits per heavy atom. The molecule has 2 atom stereocenters. The van der Waals surface area contributed by atoms with Gasteiger partial charge in [-0.2, -0.15) is 0 Å². The molecule has 1 aromatic rings. The average molecular weight is 284 g/mol. The highest BCUT2D eigenvalue weighted by molar-refractivity contribution is 7.89. The molecule has 0 bridgehead atoms. The van der Waals surface area contributed by atoms with Gasteiger partial charge in [0.25, 0.3) is 0 Å². The number of rotatable bonds is 4. The van der Waals surface area contributed by atoms with E-state index in [1.165, 1.54) is 0 Å². The standard InChI is InChI=1S/C13H20N2O3S/c1-10-8-12(6-7-18-10)15-9-11-2-4-13(5-3-11)19(14,16)17/h2-5,10,12,15H,6-9H2,1H3,(H2,14,16,17). The summed E-state index contributed by atoms with van der Waals surface area (Å²) in [6.45, 7) is 3.60. The molecule has 2 unspecified atom stereocenters. The summed E-state index contributed by atoms with van der Waals surface area (Å²) in [4.78, 5) is 0.149. The number of ether oxygens (including phenoxy) is 1. The molecule has 19 heavy (non-hydrogen) atoms. The minimum atomic E-state index is -3.60. The molecule has 1 saturated heterocycles. The number of nitrogens with two attached hydrogens (primary N) is 1. The van der Waals surface area contributed by atoms with Gasteiger partial charge in [-0.1, -0.05) is 12.1 Å². The summed E-state index contributed by atoms with van der Waals surface area (Å²) in [6.07, 6.45) is 2.32. The van der Waals surface area contributed by atoms with Gasteiger partial charge in [0.05, 0.1) is 11.0 Å². The molecule has 1 aliphatic heterocycles. The maximum Gasteiger partial charge on any atom is 0.238 e. The second kappa shape index (κ2) is 6.00. The minimum absolute atomic E-state index is 0.149. The topological polar surface area (TPSA) is 81.4 Å². The van der Waals surface area contributed by atoms with E-state index in [4.69, 9.17) is 9.88 Å². The van der Waals surface area contributed by atoms with Crippen LogP contribution in [0.1, 0.15) is 25.3 Å². The number of hydrogen-bond acceptors (Lipinski definition) is 4. The van der Waals surface area contributed by atoms with Crippen molar-refractivity contribution in [2.75, 3.05) is 6.61 Å². The third kappa shape index (κ3) is 4.28. The Labute approximate surface area is 114 Å². The third-order valence-corrected chi connectivity index (χ3v) is 4.26. The van der Waals surface area contributed by atoms with Crippen LogP contribution in [-0.4, -0.2) is 27.2 Å². The Morgan fingerprint density at radius 1 is 1.37 bits per heavy atom. The van der Waals surface area contributed by atoms with E-state index in [0.717, 1.165) is 31.6 Å². The van der Waals surface area contributed by atoms with Gasteiger partial charge in [0.15, 0.2) is 0 Å². The van der Waals surface area contributed by atoms with E-state index in [0.29, 0.717) is 12.1 Å². The monoisotopic (exact) mass is 284 g/mol. The lowest BCUT2D eigenvalue weighted by Crippen LogP contribution is -2.37. The van der Waals surface area contributed by atoms with E-state index in [1.54, 1.807) is 24.3 Å². The summed E-state index contributed by atoms with van der Waals surface area (Å²) in [5.74, 6) is 0. The summed E-state index contributed by atoms with van der Waals surface area (Å²) in [5.41, 5.74) is 1.05. The van der Waals surface area contributed by atoms with E-state index in [2.05, 4.69) is 12.2 Å². The molecule has 1 aromatic carbocycles. The van der Waals surface area contributed by atoms with Crippen molar-refractivity contribution in [2.24, 2.45) is 5.14 Å². The first-order chi connectivity index (χ1) is 8.95. The largest absolute Gasteiger partial charge is 0.378 e. The Kier molecular flexibility index (Phi) is 4.57. The van der Waals surface area contributed by atoms with Gasteiger partial charge in [0.2, 0.25) is 10.0 Å². The molecule has 0 radical (unpaired) electrons. The zero-order valence-electron chi connectivity index (χ0n) is 11.0. The molecule has 6 heteroatoms. The van der Waals surface area contributed by atoms with Crippen LogP contribution in [0.2, 0.25) is 0 Å². The van der Waals surface area contributed by atoms with Crippen LogP contribution >= 0.6 is 0 Å². The summed E-state index contributed by atoms with van der Waals surface area (Å²) < 4.78 is 27.8. The third-order valence-electron chi connectivity index (χ3n) is 3.33. The maximum absolute atomic E-state index is 11.1. The van der Waals surface area contributed by atoms with Crippen molar-refractivity contribution < 1.29 is 13.2 Å². The smallest absolute Gasteiger partial charge is 0.238 e. The number of nitrogens with one attached hydrogen (secondary N) is 1. The number of sulfonamides is 1. The molecule has 0 aromatic heterocycles. The van der Waals surface area contributed by atoms with Gasteiger partial charge in [-0.15, -0.1) is 0 Å². The van der Waals surface area contributed by atoms with Crippen LogP contribution in [0.5, 0.6) is 0 Å². The van der Waals surface area contributed by atoms with Crippen molar-refractivity contribution in [2.45, 2.75) is 43.4 Å². The van der Waals surface area contributed by atoms with Crippen LogP contribution in [-0.2, 0) is 21.3 Å². The second-order valence-corrected chi connectivity index (χ2v) is 6.53. The molecule has 106 valence electrons. The van der Waals surface area contributed by atoms with Crippen LogP contribution < -0.4 is 10.5 Å². The molecule has 2 rings (SSSR count). The number of benzene rings is 1. The number of primary sulfonamides is 1. The molecule has 0 amide bonds. The fraction of sp³-hybridized carbons (Fsp3) is 0.538. The summed E-state index contributed by atoms with van der Waals surface area (Å²) >= 11 is 0. The van der Waals surface area contributed by atoms with Crippen molar-refractivity contribution >= 4 is 10.0 Å². The van der Waals surface area contributed by atoms with Gasteiger partial charge in [0.1, 0.15) is 0 Å². The molecule has 1 aliphatic rings. The predicted octanol–water partition coefficient (Wildman–Crippen LogP) is 0.991. The van der Waals surface area contributed by atoms with Crippen molar-refractivity contribution in [3.05, 3.63) is 29.8 Å². The molecule has 1 fully saturated rings. The fourth-order valence-electron chi connectivity index (χ4n) is 2.24. The van der Waals surface area contributed by atoms with Crippen LogP contribution in [0.4, 0.5) is 0 Å². The first-order valence-corrected chi connectivity index (χ1v) is 7.96. The zero-order valence-corrected chi connectivity index (χ0v) is 11.8. The molecule has 5 nitrogen and oxygen atoms in total. The van der Waals surface area contributed by atoms with E-state index in [9.17, 15) is 8.42 Å². The zero-order chi connectivity index (χ0) is 13.9. The van der Waals surface area contributed by atoms with Gasteiger partial charge >= 0.3 is 0 Å². The van der Waals surface area contributed by atoms with Gasteiger partial charge in [-0.25, -0.2) is 13.6 Å². The van der Waals surface area contributed by atoms with Crippen LogP contribution in [0, 0.1) is 0 Å². The summed E-state index contributed by atoms with van der Waals surface area (Å²) in [6, 6.07) is 7.12. The molecular weight excluding hydrogens is 264 g/mol. The Hall–Kier alpha value is -0.950. The van der Waals surface area contributed by atoms with Gasteiger partial charge < -0.3 is 10.1 Å². The van der Waals surface area contributed by atoms with Gasteiger partial charge in [-0.05, 0) is 37.5 Å². The first kappa shape index (κ1) is 14.5. The lowest BCUT2D eigenvalue weighted by Gasteiger charge is -2.28. The highest BCUT2D eigenvalue weighted by atomic mass is 32.2. The quantitative estimate of drug-likeness (QED) is 0.864. The second-order valence-electron chi connectivity index (χ2n) is 4.97. The maximum atomic E-state index is 11.1. The summed E-state index contributed by atoms with van der Waals surface area (Å²) in [7, 11) is -3.60. The van der Waals surface area contributed by atoms with E-state index in [-0.39, 0.29) is 4.90 Å². The van der Waals surface area contributed by atoms with Crippen molar-refractivity contribution in [1.29, 1.82) is 0 Å². The van der Waals surface area contributed by atoms with Crippen molar-refractivity contribution in [3.8, 4) is 0 Å². The molecule has 1 heterocycles. The molecular formula is C13H20N2O3S. The normalized spacial score (nSPS) is 24.3. The van der Waals surface area contributed by atoms with E-state index < -0.39 is 10.0 Å². The Balaban J connectivity index is 1.89. The van der Waals surface area contributed by atoms with Crippen molar-refractivity contribution in [3.63, 3.8) is 0 Å².